The minimum Gasteiger partial charge on any atom is -0.491 e. The number of allylic oxidation sites excluding steroid dienone is 1. The van der Waals surface area contributed by atoms with Crippen LogP contribution in [-0.2, 0) is 11.3 Å². The first-order valence-corrected chi connectivity index (χ1v) is 8.75. The number of methoxy groups -OCH3 is 1. The van der Waals surface area contributed by atoms with Gasteiger partial charge in [-0.1, -0.05) is 30.3 Å². The molecule has 1 aromatic heterocycles. The summed E-state index contributed by atoms with van der Waals surface area (Å²) in [5.74, 6) is 0.656. The van der Waals surface area contributed by atoms with Crippen molar-refractivity contribution in [3.8, 4) is 5.75 Å². The van der Waals surface area contributed by atoms with Gasteiger partial charge in [-0.05, 0) is 42.0 Å². The summed E-state index contributed by atoms with van der Waals surface area (Å²) in [6.45, 7) is 1.71. The molecule has 3 rings (SSSR count). The second-order valence-electron chi connectivity index (χ2n) is 6.02. The van der Waals surface area contributed by atoms with Crippen molar-refractivity contribution in [2.75, 3.05) is 20.3 Å². The van der Waals surface area contributed by atoms with Crippen LogP contribution in [0.15, 0.2) is 73.1 Å². The van der Waals surface area contributed by atoms with Gasteiger partial charge in [-0.25, -0.2) is 0 Å². The predicted molar refractivity (Wildman–Crippen MR) is 105 cm³/mol. The molecule has 0 atom stereocenters. The number of nitrogens with zero attached hydrogens (tertiary/aromatic N) is 2. The quantitative estimate of drug-likeness (QED) is 0.330. The Balaban J connectivity index is 1.56. The van der Waals surface area contributed by atoms with Crippen LogP contribution in [0.1, 0.15) is 21.5 Å². The van der Waals surface area contributed by atoms with Gasteiger partial charge in [0, 0.05) is 24.4 Å². The first-order valence-electron chi connectivity index (χ1n) is 8.75. The average molecular weight is 362 g/mol. The van der Waals surface area contributed by atoms with E-state index in [-0.39, 0.29) is 5.78 Å². The van der Waals surface area contributed by atoms with Crippen molar-refractivity contribution in [1.29, 1.82) is 0 Å². The van der Waals surface area contributed by atoms with Crippen LogP contribution in [0.4, 0.5) is 0 Å². The van der Waals surface area contributed by atoms with Crippen molar-refractivity contribution in [3.05, 3.63) is 89.8 Å². The number of ketones is 1. The third kappa shape index (κ3) is 5.66. The highest BCUT2D eigenvalue weighted by molar-refractivity contribution is 6.06. The van der Waals surface area contributed by atoms with Crippen molar-refractivity contribution < 1.29 is 14.3 Å². The third-order valence-electron chi connectivity index (χ3n) is 3.96. The number of benzene rings is 2. The molecule has 0 amide bonds. The lowest BCUT2D eigenvalue weighted by Crippen LogP contribution is -2.04. The van der Waals surface area contributed by atoms with Gasteiger partial charge >= 0.3 is 0 Å². The molecule has 0 N–H and O–H groups in total. The van der Waals surface area contributed by atoms with Gasteiger partial charge in [0.25, 0.3) is 0 Å². The minimum absolute atomic E-state index is 0.0609. The summed E-state index contributed by atoms with van der Waals surface area (Å²) in [6.07, 6.45) is 7.01. The zero-order valence-corrected chi connectivity index (χ0v) is 15.2. The third-order valence-corrected chi connectivity index (χ3v) is 3.96. The molecule has 5 heteroatoms. The van der Waals surface area contributed by atoms with Crippen LogP contribution >= 0.6 is 0 Å². The Labute approximate surface area is 158 Å². The van der Waals surface area contributed by atoms with E-state index in [0.29, 0.717) is 25.3 Å². The fourth-order valence-corrected chi connectivity index (χ4v) is 2.55. The predicted octanol–water partition coefficient (Wildman–Crippen LogP) is 3.85. The van der Waals surface area contributed by atoms with Crippen molar-refractivity contribution in [2.24, 2.45) is 0 Å². The molecular weight excluding hydrogens is 340 g/mol. The highest BCUT2D eigenvalue weighted by atomic mass is 16.5. The SMILES string of the molecule is COCCOc1ccc(C(=O)/C=C/c2cnn(Cc3ccccc3)c2)cc1. The molecule has 0 fully saturated rings. The lowest BCUT2D eigenvalue weighted by Gasteiger charge is -2.05. The Hall–Kier alpha value is -3.18. The highest BCUT2D eigenvalue weighted by Crippen LogP contribution is 2.13. The summed E-state index contributed by atoms with van der Waals surface area (Å²) < 4.78 is 12.3. The monoisotopic (exact) mass is 362 g/mol. The maximum atomic E-state index is 12.3. The fraction of sp³-hybridized carbons (Fsp3) is 0.182. The first-order chi connectivity index (χ1) is 13.2. The van der Waals surface area contributed by atoms with Crippen LogP contribution < -0.4 is 4.74 Å². The van der Waals surface area contributed by atoms with Gasteiger partial charge in [-0.15, -0.1) is 0 Å². The molecule has 0 unspecified atom stereocenters. The Morgan fingerprint density at radius 1 is 1.07 bits per heavy atom. The molecular formula is C22H22N2O3. The Kier molecular flexibility index (Phi) is 6.55. The van der Waals surface area contributed by atoms with E-state index in [0.717, 1.165) is 11.3 Å². The number of rotatable bonds is 9. The van der Waals surface area contributed by atoms with Gasteiger partial charge in [-0.3, -0.25) is 9.48 Å². The van der Waals surface area contributed by atoms with E-state index < -0.39 is 0 Å². The molecule has 3 aromatic rings. The summed E-state index contributed by atoms with van der Waals surface area (Å²) in [4.78, 5) is 12.3. The molecule has 0 saturated carbocycles. The largest absolute Gasteiger partial charge is 0.491 e. The molecule has 5 nitrogen and oxygen atoms in total. The van der Waals surface area contributed by atoms with Crippen LogP contribution in [0.2, 0.25) is 0 Å². The number of hydrogen-bond donors (Lipinski definition) is 0. The lowest BCUT2D eigenvalue weighted by atomic mass is 10.1. The van der Waals surface area contributed by atoms with Gasteiger partial charge in [-0.2, -0.15) is 5.10 Å². The molecule has 27 heavy (non-hydrogen) atoms. The Bertz CT molecular complexity index is 883. The van der Waals surface area contributed by atoms with Crippen molar-refractivity contribution in [2.45, 2.75) is 6.54 Å². The molecule has 0 aliphatic heterocycles. The number of carbonyl (C=O) groups excluding carboxylic acids is 1. The maximum absolute atomic E-state index is 12.3. The number of ether oxygens (including phenoxy) is 2. The lowest BCUT2D eigenvalue weighted by molar-refractivity contribution is 0.104. The molecule has 2 aromatic carbocycles. The molecule has 0 radical (unpaired) electrons. The molecule has 0 bridgehead atoms. The van der Waals surface area contributed by atoms with E-state index in [1.807, 2.05) is 29.1 Å². The average Bonchev–Trinajstić information content (AvgIpc) is 3.15. The van der Waals surface area contributed by atoms with E-state index in [9.17, 15) is 4.79 Å². The van der Waals surface area contributed by atoms with Crippen molar-refractivity contribution in [3.63, 3.8) is 0 Å². The topological polar surface area (TPSA) is 53.4 Å². The van der Waals surface area contributed by atoms with Gasteiger partial charge in [0.1, 0.15) is 12.4 Å². The zero-order valence-electron chi connectivity index (χ0n) is 15.2. The minimum atomic E-state index is -0.0609. The van der Waals surface area contributed by atoms with Gasteiger partial charge in [0.05, 0.1) is 19.3 Å². The van der Waals surface area contributed by atoms with Crippen LogP contribution in [-0.4, -0.2) is 35.9 Å². The summed E-state index contributed by atoms with van der Waals surface area (Å²) in [6, 6.07) is 17.2. The normalized spacial score (nSPS) is 11.0. The van der Waals surface area contributed by atoms with Crippen LogP contribution in [0, 0.1) is 0 Å². The molecule has 1 heterocycles. The molecule has 0 saturated heterocycles. The molecule has 0 aliphatic carbocycles. The Morgan fingerprint density at radius 2 is 1.85 bits per heavy atom. The fourth-order valence-electron chi connectivity index (χ4n) is 2.55. The van der Waals surface area contributed by atoms with Crippen molar-refractivity contribution in [1.82, 2.24) is 9.78 Å². The van der Waals surface area contributed by atoms with Crippen molar-refractivity contribution >= 4 is 11.9 Å². The van der Waals surface area contributed by atoms with Crippen LogP contribution in [0.3, 0.4) is 0 Å². The summed E-state index contributed by atoms with van der Waals surface area (Å²) >= 11 is 0. The second-order valence-corrected chi connectivity index (χ2v) is 6.02. The number of aromatic nitrogens is 2. The summed E-state index contributed by atoms with van der Waals surface area (Å²) in [5, 5.41) is 4.34. The number of hydrogen-bond acceptors (Lipinski definition) is 4. The van der Waals surface area contributed by atoms with E-state index in [2.05, 4.69) is 17.2 Å². The highest BCUT2D eigenvalue weighted by Gasteiger charge is 2.03. The van der Waals surface area contributed by atoms with E-state index in [1.54, 1.807) is 49.7 Å². The standard InChI is InChI=1S/C22H22N2O3/c1-26-13-14-27-21-10-8-20(9-11-21)22(25)12-7-19-15-23-24(17-19)16-18-5-3-2-4-6-18/h2-12,15,17H,13-14,16H2,1H3/b12-7+. The first kappa shape index (κ1) is 18.6. The van der Waals surface area contributed by atoms with Gasteiger partial charge in [0.2, 0.25) is 0 Å². The van der Waals surface area contributed by atoms with Crippen LogP contribution in [0.25, 0.3) is 6.08 Å². The van der Waals surface area contributed by atoms with Crippen LogP contribution in [0.5, 0.6) is 5.75 Å². The molecule has 0 spiro atoms. The van der Waals surface area contributed by atoms with E-state index in [4.69, 9.17) is 9.47 Å². The Morgan fingerprint density at radius 3 is 2.59 bits per heavy atom. The molecule has 138 valence electrons. The smallest absolute Gasteiger partial charge is 0.185 e. The second kappa shape index (κ2) is 9.50. The number of carbonyl (C=O) groups is 1. The summed E-state index contributed by atoms with van der Waals surface area (Å²) in [5.41, 5.74) is 2.68. The molecule has 0 aliphatic rings. The van der Waals surface area contributed by atoms with Gasteiger partial charge in [0.15, 0.2) is 5.78 Å². The van der Waals surface area contributed by atoms with E-state index in [1.165, 1.54) is 5.56 Å². The summed E-state index contributed by atoms with van der Waals surface area (Å²) in [7, 11) is 1.63. The van der Waals surface area contributed by atoms with E-state index >= 15 is 0 Å². The zero-order chi connectivity index (χ0) is 18.9. The maximum Gasteiger partial charge on any atom is 0.185 e. The van der Waals surface area contributed by atoms with Gasteiger partial charge < -0.3 is 9.47 Å².